The van der Waals surface area contributed by atoms with Crippen LogP contribution in [0.1, 0.15) is 11.6 Å². The number of hydrogen-bond donors (Lipinski definition) is 1. The number of hydrogen-bond acceptors (Lipinski definition) is 7. The highest BCUT2D eigenvalue weighted by Gasteiger charge is 2.32. The molecule has 1 unspecified atom stereocenters. The average molecular weight is 432 g/mol. The number of nitrogens with one attached hydrogen (secondary N) is 1. The van der Waals surface area contributed by atoms with Gasteiger partial charge in [0, 0.05) is 13.1 Å². The molecule has 1 saturated heterocycles. The zero-order valence-corrected chi connectivity index (χ0v) is 17.5. The first-order chi connectivity index (χ1) is 13.9. The van der Waals surface area contributed by atoms with E-state index in [1.807, 2.05) is 53.4 Å². The number of anilines is 1. The second kappa shape index (κ2) is 8.10. The van der Waals surface area contributed by atoms with Crippen molar-refractivity contribution >= 4 is 42.4 Å². The molecular formula is C20H21N3O4S2. The fourth-order valence-electron chi connectivity index (χ4n) is 3.41. The van der Waals surface area contributed by atoms with Crippen molar-refractivity contribution in [3.63, 3.8) is 0 Å². The summed E-state index contributed by atoms with van der Waals surface area (Å²) in [5.41, 5.74) is 1.61. The zero-order valence-electron chi connectivity index (χ0n) is 15.9. The highest BCUT2D eigenvalue weighted by atomic mass is 32.2. The first-order valence-corrected chi connectivity index (χ1v) is 11.8. The number of nitrogens with zero attached hydrogens (tertiary/aromatic N) is 2. The fourth-order valence-corrected chi connectivity index (χ4v) is 5.53. The Labute approximate surface area is 173 Å². The van der Waals surface area contributed by atoms with Crippen LogP contribution in [0.15, 0.2) is 48.5 Å². The number of aromatic nitrogens is 1. The summed E-state index contributed by atoms with van der Waals surface area (Å²) in [6, 6.07) is 14.4. The third kappa shape index (κ3) is 4.42. The minimum atomic E-state index is -3.04. The SMILES string of the molecule is COc1ccc2nc(NC(=O)C(c3ccccc3)N3CCS(=O)(=O)CC3)sc2c1. The first kappa shape index (κ1) is 19.8. The summed E-state index contributed by atoms with van der Waals surface area (Å²) in [5.74, 6) is 0.631. The molecule has 1 aliphatic heterocycles. The lowest BCUT2D eigenvalue weighted by molar-refractivity contribution is -0.121. The van der Waals surface area contributed by atoms with E-state index in [2.05, 4.69) is 10.3 Å². The van der Waals surface area contributed by atoms with E-state index in [9.17, 15) is 13.2 Å². The molecule has 29 heavy (non-hydrogen) atoms. The molecule has 0 aliphatic carbocycles. The number of sulfone groups is 1. The van der Waals surface area contributed by atoms with Gasteiger partial charge in [-0.2, -0.15) is 0 Å². The highest BCUT2D eigenvalue weighted by Crippen LogP contribution is 2.31. The normalized spacial score (nSPS) is 17.7. The number of carbonyl (C=O) groups is 1. The maximum absolute atomic E-state index is 13.2. The quantitative estimate of drug-likeness (QED) is 0.668. The lowest BCUT2D eigenvalue weighted by Gasteiger charge is -2.33. The molecule has 9 heteroatoms. The highest BCUT2D eigenvalue weighted by molar-refractivity contribution is 7.91. The van der Waals surface area contributed by atoms with E-state index in [4.69, 9.17) is 4.74 Å². The Bertz CT molecular complexity index is 1120. The summed E-state index contributed by atoms with van der Waals surface area (Å²) in [4.78, 5) is 19.6. The van der Waals surface area contributed by atoms with Crippen LogP contribution in [0.5, 0.6) is 5.75 Å². The van der Waals surface area contributed by atoms with Gasteiger partial charge in [0.25, 0.3) is 0 Å². The van der Waals surface area contributed by atoms with Crippen molar-refractivity contribution in [1.29, 1.82) is 0 Å². The van der Waals surface area contributed by atoms with E-state index in [0.29, 0.717) is 18.2 Å². The molecule has 1 fully saturated rings. The van der Waals surface area contributed by atoms with E-state index in [-0.39, 0.29) is 17.4 Å². The van der Waals surface area contributed by atoms with Gasteiger partial charge >= 0.3 is 0 Å². The van der Waals surface area contributed by atoms with E-state index >= 15 is 0 Å². The number of carbonyl (C=O) groups excluding carboxylic acids is 1. The van der Waals surface area contributed by atoms with Gasteiger partial charge in [-0.25, -0.2) is 13.4 Å². The van der Waals surface area contributed by atoms with E-state index in [1.54, 1.807) is 7.11 Å². The number of methoxy groups -OCH3 is 1. The van der Waals surface area contributed by atoms with Crippen LogP contribution in [0.2, 0.25) is 0 Å². The molecule has 2 heterocycles. The molecule has 0 radical (unpaired) electrons. The van der Waals surface area contributed by atoms with Crippen molar-refractivity contribution < 1.29 is 17.9 Å². The smallest absolute Gasteiger partial charge is 0.248 e. The van der Waals surface area contributed by atoms with Gasteiger partial charge in [0.2, 0.25) is 5.91 Å². The summed E-state index contributed by atoms with van der Waals surface area (Å²) < 4.78 is 29.8. The molecular weight excluding hydrogens is 410 g/mol. The van der Waals surface area contributed by atoms with Gasteiger partial charge in [-0.05, 0) is 23.8 Å². The van der Waals surface area contributed by atoms with Crippen molar-refractivity contribution in [3.05, 3.63) is 54.1 Å². The minimum Gasteiger partial charge on any atom is -0.497 e. The topological polar surface area (TPSA) is 88.6 Å². The maximum Gasteiger partial charge on any atom is 0.248 e. The number of thiazole rings is 1. The largest absolute Gasteiger partial charge is 0.497 e. The maximum atomic E-state index is 13.2. The molecule has 4 rings (SSSR count). The van der Waals surface area contributed by atoms with Gasteiger partial charge in [-0.1, -0.05) is 41.7 Å². The summed E-state index contributed by atoms with van der Waals surface area (Å²) in [5, 5.41) is 3.43. The summed E-state index contributed by atoms with van der Waals surface area (Å²) in [7, 11) is -1.43. The van der Waals surface area contributed by atoms with Crippen molar-refractivity contribution in [2.75, 3.05) is 37.0 Å². The summed E-state index contributed by atoms with van der Waals surface area (Å²) in [6.45, 7) is 0.652. The third-order valence-electron chi connectivity index (χ3n) is 4.93. The van der Waals surface area contributed by atoms with Crippen molar-refractivity contribution in [3.8, 4) is 5.75 Å². The molecule has 1 amide bonds. The van der Waals surface area contributed by atoms with Crippen LogP contribution < -0.4 is 10.1 Å². The van der Waals surface area contributed by atoms with Crippen LogP contribution in [0.3, 0.4) is 0 Å². The van der Waals surface area contributed by atoms with Crippen molar-refractivity contribution in [2.45, 2.75) is 6.04 Å². The number of fused-ring (bicyclic) bond motifs is 1. The average Bonchev–Trinajstić information content (AvgIpc) is 3.11. The first-order valence-electron chi connectivity index (χ1n) is 9.20. The van der Waals surface area contributed by atoms with Crippen LogP contribution in [0.4, 0.5) is 5.13 Å². The van der Waals surface area contributed by atoms with E-state index in [0.717, 1.165) is 21.5 Å². The van der Waals surface area contributed by atoms with Gasteiger partial charge in [0.1, 0.15) is 11.8 Å². The number of amides is 1. The summed E-state index contributed by atoms with van der Waals surface area (Å²) in [6.07, 6.45) is 0. The lowest BCUT2D eigenvalue weighted by atomic mass is 10.0. The lowest BCUT2D eigenvalue weighted by Crippen LogP contribution is -2.46. The molecule has 1 atom stereocenters. The molecule has 0 saturated carbocycles. The molecule has 3 aromatic rings. The molecule has 1 N–H and O–H groups in total. The predicted octanol–water partition coefficient (Wildman–Crippen LogP) is 2.72. The summed E-state index contributed by atoms with van der Waals surface area (Å²) >= 11 is 1.38. The van der Waals surface area contributed by atoms with E-state index in [1.165, 1.54) is 11.3 Å². The van der Waals surface area contributed by atoms with Gasteiger partial charge in [-0.3, -0.25) is 9.69 Å². The Morgan fingerprint density at radius 1 is 1.17 bits per heavy atom. The van der Waals surface area contributed by atoms with Crippen molar-refractivity contribution in [2.24, 2.45) is 0 Å². The Morgan fingerprint density at radius 2 is 1.90 bits per heavy atom. The van der Waals surface area contributed by atoms with Crippen molar-refractivity contribution in [1.82, 2.24) is 9.88 Å². The Hall–Kier alpha value is -2.49. The van der Waals surface area contributed by atoms with Gasteiger partial charge in [0.15, 0.2) is 15.0 Å². The third-order valence-corrected chi connectivity index (χ3v) is 7.48. The van der Waals surface area contributed by atoms with Crippen LogP contribution >= 0.6 is 11.3 Å². The molecule has 7 nitrogen and oxygen atoms in total. The predicted molar refractivity (Wildman–Crippen MR) is 114 cm³/mol. The Balaban J connectivity index is 1.60. The van der Waals surface area contributed by atoms with Gasteiger partial charge < -0.3 is 10.1 Å². The monoisotopic (exact) mass is 431 g/mol. The van der Waals surface area contributed by atoms with Crippen LogP contribution in [0, 0.1) is 0 Å². The molecule has 0 bridgehead atoms. The van der Waals surface area contributed by atoms with Crippen LogP contribution in [-0.2, 0) is 14.6 Å². The Kier molecular flexibility index (Phi) is 5.53. The fraction of sp³-hybridized carbons (Fsp3) is 0.300. The Morgan fingerprint density at radius 3 is 2.59 bits per heavy atom. The zero-order chi connectivity index (χ0) is 20.4. The molecule has 152 valence electrons. The minimum absolute atomic E-state index is 0.0601. The second-order valence-corrected chi connectivity index (χ2v) is 10.2. The van der Waals surface area contributed by atoms with E-state index < -0.39 is 15.9 Å². The number of rotatable bonds is 5. The molecule has 1 aromatic heterocycles. The molecule has 0 spiro atoms. The van der Waals surface area contributed by atoms with Gasteiger partial charge in [0.05, 0.1) is 28.8 Å². The standard InChI is InChI=1S/C20H21N3O4S2/c1-27-15-7-8-16-17(13-15)28-20(21-16)22-19(24)18(14-5-3-2-4-6-14)23-9-11-29(25,26)12-10-23/h2-8,13,18H,9-12H2,1H3,(H,21,22,24). The molecule has 2 aromatic carbocycles. The second-order valence-electron chi connectivity index (χ2n) is 6.84. The van der Waals surface area contributed by atoms with Crippen LogP contribution in [-0.4, -0.2) is 55.9 Å². The van der Waals surface area contributed by atoms with Gasteiger partial charge in [-0.15, -0.1) is 0 Å². The molecule has 1 aliphatic rings. The van der Waals surface area contributed by atoms with Crippen LogP contribution in [0.25, 0.3) is 10.2 Å². The number of benzene rings is 2. The number of ether oxygens (including phenoxy) is 1.